The maximum atomic E-state index is 13.1. The molecule has 2 aliphatic heterocycles. The summed E-state index contributed by atoms with van der Waals surface area (Å²) in [4.78, 5) is 24.1. The zero-order valence-electron chi connectivity index (χ0n) is 18.6. The van der Waals surface area contributed by atoms with Gasteiger partial charge in [0.25, 0.3) is 0 Å². The summed E-state index contributed by atoms with van der Waals surface area (Å²) in [7, 11) is 2.04. The molecule has 0 aliphatic carbocycles. The molecule has 32 heavy (non-hydrogen) atoms. The van der Waals surface area contributed by atoms with Gasteiger partial charge in [-0.3, -0.25) is 9.69 Å². The quantitative estimate of drug-likeness (QED) is 0.576. The molecule has 0 saturated carbocycles. The summed E-state index contributed by atoms with van der Waals surface area (Å²) in [6.07, 6.45) is 4.85. The molecule has 0 N–H and O–H groups in total. The number of nitrogens with zero attached hydrogens (tertiary/aromatic N) is 6. The Morgan fingerprint density at radius 1 is 1.28 bits per heavy atom. The van der Waals surface area contributed by atoms with E-state index in [9.17, 15) is 4.79 Å². The molecule has 1 aromatic carbocycles. The van der Waals surface area contributed by atoms with Gasteiger partial charge in [0.15, 0.2) is 5.82 Å². The van der Waals surface area contributed by atoms with E-state index in [0.717, 1.165) is 66.7 Å². The van der Waals surface area contributed by atoms with Crippen LogP contribution in [0, 0.1) is 6.92 Å². The predicted molar refractivity (Wildman–Crippen MR) is 128 cm³/mol. The van der Waals surface area contributed by atoms with Gasteiger partial charge in [0.2, 0.25) is 5.91 Å². The number of aromatic nitrogens is 3. The van der Waals surface area contributed by atoms with Gasteiger partial charge in [-0.15, -0.1) is 16.4 Å². The van der Waals surface area contributed by atoms with Crippen LogP contribution in [0.2, 0.25) is 0 Å². The maximum absolute atomic E-state index is 13.1. The van der Waals surface area contributed by atoms with Gasteiger partial charge in [0.1, 0.15) is 0 Å². The van der Waals surface area contributed by atoms with Crippen molar-refractivity contribution in [3.63, 3.8) is 0 Å². The Balaban J connectivity index is 1.22. The molecule has 3 aromatic rings. The molecule has 0 bridgehead atoms. The zero-order chi connectivity index (χ0) is 22.1. The van der Waals surface area contributed by atoms with Gasteiger partial charge in [0, 0.05) is 48.5 Å². The maximum Gasteiger partial charge on any atom is 0.241 e. The lowest BCUT2D eigenvalue weighted by Gasteiger charge is -2.29. The molecule has 1 fully saturated rings. The Hall–Kier alpha value is -2.84. The summed E-state index contributed by atoms with van der Waals surface area (Å²) in [6.45, 7) is 5.01. The van der Waals surface area contributed by atoms with Crippen LogP contribution in [0.4, 0.5) is 11.5 Å². The highest BCUT2D eigenvalue weighted by Gasteiger charge is 2.29. The minimum atomic E-state index is 0.160. The molecule has 2 aliphatic rings. The van der Waals surface area contributed by atoms with Crippen molar-refractivity contribution in [2.24, 2.45) is 0 Å². The number of benzene rings is 1. The number of rotatable bonds is 6. The molecule has 0 radical (unpaired) electrons. The van der Waals surface area contributed by atoms with Crippen LogP contribution in [-0.4, -0.2) is 65.3 Å². The van der Waals surface area contributed by atoms with E-state index in [-0.39, 0.29) is 5.91 Å². The van der Waals surface area contributed by atoms with Gasteiger partial charge >= 0.3 is 0 Å². The first-order valence-electron chi connectivity index (χ1n) is 11.2. The van der Waals surface area contributed by atoms with E-state index >= 15 is 0 Å². The number of anilines is 2. The van der Waals surface area contributed by atoms with E-state index in [1.54, 1.807) is 17.5 Å². The van der Waals surface area contributed by atoms with Crippen LogP contribution >= 0.6 is 11.3 Å². The molecule has 0 spiro atoms. The van der Waals surface area contributed by atoms with E-state index in [4.69, 9.17) is 0 Å². The molecule has 1 atom stereocenters. The van der Waals surface area contributed by atoms with Crippen LogP contribution in [0.3, 0.4) is 0 Å². The van der Waals surface area contributed by atoms with Crippen molar-refractivity contribution in [1.29, 1.82) is 0 Å². The summed E-state index contributed by atoms with van der Waals surface area (Å²) in [5.74, 6) is 1.09. The molecule has 4 heterocycles. The van der Waals surface area contributed by atoms with Crippen molar-refractivity contribution < 1.29 is 4.79 Å². The smallest absolute Gasteiger partial charge is 0.241 e. The van der Waals surface area contributed by atoms with E-state index in [1.807, 2.05) is 31.0 Å². The largest absolute Gasteiger partial charge is 0.351 e. The van der Waals surface area contributed by atoms with Crippen LogP contribution in [0.15, 0.2) is 41.9 Å². The number of fused-ring (bicyclic) bond motifs is 1. The molecule has 1 amide bonds. The number of thiazole rings is 1. The predicted octanol–water partition coefficient (Wildman–Crippen LogP) is 3.40. The van der Waals surface area contributed by atoms with E-state index in [2.05, 4.69) is 48.6 Å². The fourth-order valence-corrected chi connectivity index (χ4v) is 5.45. The fraction of sp³-hybridized carbons (Fsp3) is 0.417. The summed E-state index contributed by atoms with van der Waals surface area (Å²) < 4.78 is 0. The average Bonchev–Trinajstić information content (AvgIpc) is 3.53. The Bertz CT molecular complexity index is 1100. The number of hydrogen-bond acceptors (Lipinski definition) is 7. The van der Waals surface area contributed by atoms with Crippen molar-refractivity contribution in [1.82, 2.24) is 20.1 Å². The average molecular weight is 449 g/mol. The molecule has 166 valence electrons. The van der Waals surface area contributed by atoms with Gasteiger partial charge < -0.3 is 9.80 Å². The standard InChI is InChI=1S/C24H28N6OS/c1-17-26-21(16-32-17)18-7-8-22-19(13-18)9-12-30(22)24(31)15-28(2)14-20-5-4-11-29(20)23-6-3-10-25-27-23/h3,6-8,10,13,16,20H,4-5,9,11-12,14-15H2,1-2H3. The first kappa shape index (κ1) is 21.0. The lowest BCUT2D eigenvalue weighted by Crippen LogP contribution is -2.44. The number of aryl methyl sites for hydroxylation is 1. The lowest BCUT2D eigenvalue weighted by molar-refractivity contribution is -0.119. The highest BCUT2D eigenvalue weighted by atomic mass is 32.1. The van der Waals surface area contributed by atoms with Gasteiger partial charge in [-0.05, 0) is 63.1 Å². The third-order valence-corrected chi connectivity index (χ3v) is 7.12. The summed E-state index contributed by atoms with van der Waals surface area (Å²) in [6, 6.07) is 10.7. The first-order chi connectivity index (χ1) is 15.6. The van der Waals surface area contributed by atoms with Gasteiger partial charge in [-0.1, -0.05) is 6.07 Å². The van der Waals surface area contributed by atoms with Crippen molar-refractivity contribution >= 4 is 28.7 Å². The molecular weight excluding hydrogens is 420 g/mol. The van der Waals surface area contributed by atoms with Crippen LogP contribution in [0.25, 0.3) is 11.3 Å². The van der Waals surface area contributed by atoms with Crippen LogP contribution in [-0.2, 0) is 11.2 Å². The van der Waals surface area contributed by atoms with E-state index in [1.165, 1.54) is 5.56 Å². The first-order valence-corrected chi connectivity index (χ1v) is 12.0. The second-order valence-electron chi connectivity index (χ2n) is 8.66. The molecule has 7 nitrogen and oxygen atoms in total. The molecular formula is C24H28N6OS. The molecule has 2 aromatic heterocycles. The van der Waals surface area contributed by atoms with Crippen molar-refractivity contribution in [3.8, 4) is 11.3 Å². The molecule has 1 saturated heterocycles. The van der Waals surface area contributed by atoms with Crippen LogP contribution in [0.5, 0.6) is 0 Å². The van der Waals surface area contributed by atoms with Crippen molar-refractivity contribution in [2.45, 2.75) is 32.2 Å². The number of carbonyl (C=O) groups is 1. The number of hydrogen-bond donors (Lipinski definition) is 0. The normalized spacial score (nSPS) is 17.9. The summed E-state index contributed by atoms with van der Waals surface area (Å²) in [5.41, 5.74) is 4.42. The van der Waals surface area contributed by atoms with Crippen LogP contribution < -0.4 is 9.80 Å². The fourth-order valence-electron chi connectivity index (χ4n) is 4.83. The monoisotopic (exact) mass is 448 g/mol. The highest BCUT2D eigenvalue weighted by molar-refractivity contribution is 7.09. The van der Waals surface area contributed by atoms with Gasteiger partial charge in [0.05, 0.1) is 17.2 Å². The SMILES string of the molecule is Cc1nc(-c2ccc3c(c2)CCN3C(=O)CN(C)CC2CCCN2c2cccnn2)cs1. The number of likely N-dealkylation sites (N-methyl/N-ethyl adjacent to an activating group) is 1. The topological polar surface area (TPSA) is 65.5 Å². The molecule has 1 unspecified atom stereocenters. The third kappa shape index (κ3) is 4.25. The Kier molecular flexibility index (Phi) is 5.89. The second-order valence-corrected chi connectivity index (χ2v) is 9.72. The highest BCUT2D eigenvalue weighted by Crippen LogP contribution is 2.33. The molecule has 8 heteroatoms. The Morgan fingerprint density at radius 2 is 2.19 bits per heavy atom. The minimum Gasteiger partial charge on any atom is -0.351 e. The van der Waals surface area contributed by atoms with Crippen LogP contribution in [0.1, 0.15) is 23.4 Å². The Labute approximate surface area is 192 Å². The number of carbonyl (C=O) groups excluding carboxylic acids is 1. The van der Waals surface area contributed by atoms with Crippen molar-refractivity contribution in [2.75, 3.05) is 43.0 Å². The van der Waals surface area contributed by atoms with Gasteiger partial charge in [-0.25, -0.2) is 4.98 Å². The van der Waals surface area contributed by atoms with Gasteiger partial charge in [-0.2, -0.15) is 5.10 Å². The number of amides is 1. The van der Waals surface area contributed by atoms with Crippen molar-refractivity contribution in [3.05, 3.63) is 52.5 Å². The second kappa shape index (κ2) is 8.96. The summed E-state index contributed by atoms with van der Waals surface area (Å²) in [5, 5.41) is 11.5. The van der Waals surface area contributed by atoms with E-state index < -0.39 is 0 Å². The minimum absolute atomic E-state index is 0.160. The lowest BCUT2D eigenvalue weighted by atomic mass is 10.1. The third-order valence-electron chi connectivity index (χ3n) is 6.35. The summed E-state index contributed by atoms with van der Waals surface area (Å²) >= 11 is 1.66. The van der Waals surface area contributed by atoms with E-state index in [0.29, 0.717) is 12.6 Å². The zero-order valence-corrected chi connectivity index (χ0v) is 19.4. The Morgan fingerprint density at radius 3 is 2.97 bits per heavy atom. The molecule has 5 rings (SSSR count).